The zero-order valence-electron chi connectivity index (χ0n) is 10.7. The van der Waals surface area contributed by atoms with E-state index in [1.54, 1.807) is 13.2 Å². The summed E-state index contributed by atoms with van der Waals surface area (Å²) in [6.07, 6.45) is 4.86. The fraction of sp³-hybridized carbons (Fsp3) is 0.357. The summed E-state index contributed by atoms with van der Waals surface area (Å²) in [5.41, 5.74) is 7.56. The van der Waals surface area contributed by atoms with Crippen molar-refractivity contribution in [3.05, 3.63) is 35.4 Å². The molecule has 1 rings (SSSR count). The predicted octanol–water partition coefficient (Wildman–Crippen LogP) is 2.07. The molecular formula is C14H19NO3. The van der Waals surface area contributed by atoms with Gasteiger partial charge in [0, 0.05) is 0 Å². The Hall–Kier alpha value is -1.81. The second-order valence-electron chi connectivity index (χ2n) is 4.01. The second kappa shape index (κ2) is 6.81. The van der Waals surface area contributed by atoms with Gasteiger partial charge in [-0.1, -0.05) is 25.1 Å². The first-order valence-electron chi connectivity index (χ1n) is 5.90. The maximum atomic E-state index is 10.6. The number of aliphatic carboxylic acids is 1. The van der Waals surface area contributed by atoms with Gasteiger partial charge in [-0.2, -0.15) is 0 Å². The molecule has 0 radical (unpaired) electrons. The van der Waals surface area contributed by atoms with E-state index in [-0.39, 0.29) is 0 Å². The minimum absolute atomic E-state index is 0.322. The van der Waals surface area contributed by atoms with Crippen LogP contribution < -0.4 is 10.5 Å². The van der Waals surface area contributed by atoms with Crippen LogP contribution in [0.3, 0.4) is 0 Å². The van der Waals surface area contributed by atoms with Crippen molar-refractivity contribution in [2.75, 3.05) is 7.11 Å². The first kappa shape index (κ1) is 14.3. The first-order valence-corrected chi connectivity index (χ1v) is 5.90. The highest BCUT2D eigenvalue weighted by molar-refractivity contribution is 5.73. The third-order valence-electron chi connectivity index (χ3n) is 2.70. The Balaban J connectivity index is 2.73. The van der Waals surface area contributed by atoms with Crippen LogP contribution in [-0.4, -0.2) is 24.2 Å². The van der Waals surface area contributed by atoms with Crippen LogP contribution in [0.2, 0.25) is 0 Å². The van der Waals surface area contributed by atoms with Crippen LogP contribution in [0.4, 0.5) is 0 Å². The molecule has 4 heteroatoms. The van der Waals surface area contributed by atoms with Crippen molar-refractivity contribution < 1.29 is 14.6 Å². The number of carboxylic acids is 1. The van der Waals surface area contributed by atoms with Crippen molar-refractivity contribution in [2.45, 2.75) is 25.8 Å². The van der Waals surface area contributed by atoms with Crippen LogP contribution in [-0.2, 0) is 11.2 Å². The zero-order chi connectivity index (χ0) is 13.5. The van der Waals surface area contributed by atoms with Gasteiger partial charge in [-0.3, -0.25) is 4.79 Å². The molecule has 3 N–H and O–H groups in total. The fourth-order valence-corrected chi connectivity index (χ4v) is 1.63. The van der Waals surface area contributed by atoms with E-state index in [9.17, 15) is 4.79 Å². The lowest BCUT2D eigenvalue weighted by molar-refractivity contribution is -0.138. The summed E-state index contributed by atoms with van der Waals surface area (Å²) in [6, 6.07) is 5.03. The lowest BCUT2D eigenvalue weighted by Crippen LogP contribution is -2.29. The summed E-state index contributed by atoms with van der Waals surface area (Å²) < 4.78 is 5.24. The normalized spacial score (nSPS) is 12.6. The summed E-state index contributed by atoms with van der Waals surface area (Å²) in [6.45, 7) is 2.06. The molecule has 0 spiro atoms. The van der Waals surface area contributed by atoms with Gasteiger partial charge in [-0.25, -0.2) is 0 Å². The minimum Gasteiger partial charge on any atom is -0.496 e. The van der Waals surface area contributed by atoms with Gasteiger partial charge in [-0.15, -0.1) is 0 Å². The number of hydrogen-bond acceptors (Lipinski definition) is 3. The number of aryl methyl sites for hydroxylation is 1. The standard InChI is InChI=1S/C14H19NO3/c1-3-11-9-10(7-8-13(11)18-2)5-4-6-12(15)14(16)17/h4-5,7-9,12H,3,6,15H2,1-2H3,(H,16,17)/b5-4+. The minimum atomic E-state index is -0.983. The van der Waals surface area contributed by atoms with Crippen molar-refractivity contribution in [3.8, 4) is 5.75 Å². The Labute approximate surface area is 107 Å². The molecule has 1 aromatic rings. The van der Waals surface area contributed by atoms with Gasteiger partial charge in [0.05, 0.1) is 7.11 Å². The maximum Gasteiger partial charge on any atom is 0.320 e. The molecule has 0 heterocycles. The van der Waals surface area contributed by atoms with Gasteiger partial charge in [0.25, 0.3) is 0 Å². The van der Waals surface area contributed by atoms with Gasteiger partial charge in [0.15, 0.2) is 0 Å². The molecule has 1 unspecified atom stereocenters. The highest BCUT2D eigenvalue weighted by atomic mass is 16.5. The third kappa shape index (κ3) is 3.89. The van der Waals surface area contributed by atoms with Crippen molar-refractivity contribution in [2.24, 2.45) is 5.73 Å². The van der Waals surface area contributed by atoms with E-state index in [4.69, 9.17) is 15.6 Å². The Kier molecular flexibility index (Phi) is 5.39. The summed E-state index contributed by atoms with van der Waals surface area (Å²) in [7, 11) is 1.65. The van der Waals surface area contributed by atoms with Crippen molar-refractivity contribution in [1.82, 2.24) is 0 Å². The molecule has 0 aliphatic heterocycles. The Bertz CT molecular complexity index is 441. The van der Waals surface area contributed by atoms with Crippen LogP contribution >= 0.6 is 0 Å². The number of carbonyl (C=O) groups is 1. The molecule has 0 saturated heterocycles. The van der Waals surface area contributed by atoms with Gasteiger partial charge in [-0.05, 0) is 36.1 Å². The van der Waals surface area contributed by atoms with Gasteiger partial charge >= 0.3 is 5.97 Å². The van der Waals surface area contributed by atoms with Gasteiger partial charge < -0.3 is 15.6 Å². The molecule has 0 aromatic heterocycles. The van der Waals surface area contributed by atoms with Crippen LogP contribution in [0, 0.1) is 0 Å². The van der Waals surface area contributed by atoms with Crippen molar-refractivity contribution in [3.63, 3.8) is 0 Å². The highest BCUT2D eigenvalue weighted by Crippen LogP contribution is 2.21. The van der Waals surface area contributed by atoms with Crippen LogP contribution in [0.15, 0.2) is 24.3 Å². The zero-order valence-corrected chi connectivity index (χ0v) is 10.7. The molecule has 0 bridgehead atoms. The maximum absolute atomic E-state index is 10.6. The van der Waals surface area contributed by atoms with Crippen LogP contribution in [0.5, 0.6) is 5.75 Å². The summed E-state index contributed by atoms with van der Waals surface area (Å²) >= 11 is 0. The topological polar surface area (TPSA) is 72.6 Å². The smallest absolute Gasteiger partial charge is 0.320 e. The highest BCUT2D eigenvalue weighted by Gasteiger charge is 2.08. The number of carboxylic acid groups (broad SMARTS) is 1. The number of methoxy groups -OCH3 is 1. The van der Waals surface area contributed by atoms with E-state index < -0.39 is 12.0 Å². The SMILES string of the molecule is CCc1cc(/C=C/CC(N)C(=O)O)ccc1OC. The van der Waals surface area contributed by atoms with Crippen molar-refractivity contribution in [1.29, 1.82) is 0 Å². The molecule has 0 saturated carbocycles. The molecule has 1 aromatic carbocycles. The number of hydrogen-bond donors (Lipinski definition) is 2. The summed E-state index contributed by atoms with van der Waals surface area (Å²) in [5.74, 6) is -0.111. The Morgan fingerprint density at radius 3 is 2.83 bits per heavy atom. The molecule has 0 fully saturated rings. The van der Waals surface area contributed by atoms with E-state index in [0.717, 1.165) is 23.3 Å². The molecule has 0 aliphatic rings. The lowest BCUT2D eigenvalue weighted by Gasteiger charge is -2.07. The van der Waals surface area contributed by atoms with E-state index >= 15 is 0 Å². The Morgan fingerprint density at radius 1 is 1.56 bits per heavy atom. The molecule has 0 amide bonds. The van der Waals surface area contributed by atoms with E-state index in [1.807, 2.05) is 24.3 Å². The fourth-order valence-electron chi connectivity index (χ4n) is 1.63. The number of ether oxygens (including phenoxy) is 1. The number of nitrogens with two attached hydrogens (primary N) is 1. The Morgan fingerprint density at radius 2 is 2.28 bits per heavy atom. The van der Waals surface area contributed by atoms with E-state index in [0.29, 0.717) is 6.42 Å². The monoisotopic (exact) mass is 249 g/mol. The molecule has 98 valence electrons. The first-order chi connectivity index (χ1) is 8.58. The molecule has 1 atom stereocenters. The second-order valence-corrected chi connectivity index (χ2v) is 4.01. The summed E-state index contributed by atoms with van der Waals surface area (Å²) in [4.78, 5) is 10.6. The third-order valence-corrected chi connectivity index (χ3v) is 2.70. The molecule has 4 nitrogen and oxygen atoms in total. The van der Waals surface area contributed by atoms with Crippen LogP contribution in [0.25, 0.3) is 6.08 Å². The van der Waals surface area contributed by atoms with E-state index in [2.05, 4.69) is 6.92 Å². The van der Waals surface area contributed by atoms with Gasteiger partial charge in [0.2, 0.25) is 0 Å². The predicted molar refractivity (Wildman–Crippen MR) is 71.6 cm³/mol. The molecule has 0 aliphatic carbocycles. The van der Waals surface area contributed by atoms with Crippen LogP contribution in [0.1, 0.15) is 24.5 Å². The molecular weight excluding hydrogens is 230 g/mol. The van der Waals surface area contributed by atoms with E-state index in [1.165, 1.54) is 0 Å². The largest absolute Gasteiger partial charge is 0.496 e. The molecule has 18 heavy (non-hydrogen) atoms. The van der Waals surface area contributed by atoms with Crippen molar-refractivity contribution >= 4 is 12.0 Å². The average Bonchev–Trinajstić information content (AvgIpc) is 2.38. The van der Waals surface area contributed by atoms with Gasteiger partial charge in [0.1, 0.15) is 11.8 Å². The average molecular weight is 249 g/mol. The lowest BCUT2D eigenvalue weighted by atomic mass is 10.1. The summed E-state index contributed by atoms with van der Waals surface area (Å²) in [5, 5.41) is 8.65. The quantitative estimate of drug-likeness (QED) is 0.809. The number of rotatable bonds is 6. The number of benzene rings is 1.